The summed E-state index contributed by atoms with van der Waals surface area (Å²) in [5.74, 6) is -1.49. The van der Waals surface area contributed by atoms with Crippen LogP contribution in [0.25, 0.3) is 6.08 Å². The van der Waals surface area contributed by atoms with E-state index in [9.17, 15) is 19.5 Å². The molecular weight excluding hydrogens is 440 g/mol. The van der Waals surface area contributed by atoms with Crippen LogP contribution >= 0.6 is 15.9 Å². The van der Waals surface area contributed by atoms with Crippen LogP contribution in [0.5, 0.6) is 5.75 Å². The maximum Gasteiger partial charge on any atom is 0.267 e. The molecule has 0 radical (unpaired) electrons. The number of carboxylic acids is 1. The van der Waals surface area contributed by atoms with E-state index in [2.05, 4.69) is 26.6 Å². The summed E-state index contributed by atoms with van der Waals surface area (Å²) < 4.78 is 5.94. The Morgan fingerprint density at radius 2 is 1.72 bits per heavy atom. The molecule has 0 fully saturated rings. The quantitative estimate of drug-likeness (QED) is 0.439. The van der Waals surface area contributed by atoms with Crippen molar-refractivity contribution in [2.24, 2.45) is 0 Å². The minimum absolute atomic E-state index is 0.0385. The number of hydrogen-bond donors (Lipinski definition) is 2. The smallest absolute Gasteiger partial charge is 0.267 e. The van der Waals surface area contributed by atoms with Gasteiger partial charge in [0.25, 0.3) is 11.8 Å². The first-order valence-electron chi connectivity index (χ1n) is 8.80. The summed E-state index contributed by atoms with van der Waals surface area (Å²) >= 11 is 3.31. The van der Waals surface area contributed by atoms with E-state index in [-0.39, 0.29) is 25.1 Å². The Kier molecular flexibility index (Phi) is 8.42. The van der Waals surface area contributed by atoms with Crippen LogP contribution in [0.2, 0.25) is 0 Å². The van der Waals surface area contributed by atoms with E-state index in [1.165, 1.54) is 6.08 Å². The molecule has 0 unspecified atom stereocenters. The standard InChI is InChI=1S/C21H21BrN2O5/c1-29-17-10-4-14(5-11-17)13-18(21(28)23-12-2-3-19(25)26)24-20(27)15-6-8-16(22)9-7-15/h4-11,13H,2-3,12H2,1H3,(H,23,28)(H,24,27)(H,25,26)/p-1/b18-13-. The van der Waals surface area contributed by atoms with Crippen LogP contribution < -0.4 is 20.5 Å². The van der Waals surface area contributed by atoms with Gasteiger partial charge >= 0.3 is 0 Å². The van der Waals surface area contributed by atoms with Crippen molar-refractivity contribution < 1.29 is 24.2 Å². The van der Waals surface area contributed by atoms with Gasteiger partial charge in [0.1, 0.15) is 11.4 Å². The first-order valence-corrected chi connectivity index (χ1v) is 9.59. The molecule has 7 nitrogen and oxygen atoms in total. The molecule has 0 atom stereocenters. The number of amides is 2. The Morgan fingerprint density at radius 1 is 1.07 bits per heavy atom. The Balaban J connectivity index is 2.17. The molecule has 8 heteroatoms. The Morgan fingerprint density at radius 3 is 2.31 bits per heavy atom. The number of carbonyl (C=O) groups is 3. The molecule has 152 valence electrons. The predicted molar refractivity (Wildman–Crippen MR) is 110 cm³/mol. The molecule has 2 aromatic rings. The number of aliphatic carboxylic acids is 1. The summed E-state index contributed by atoms with van der Waals surface area (Å²) in [5.41, 5.74) is 1.11. The van der Waals surface area contributed by atoms with Gasteiger partial charge in [0.05, 0.1) is 7.11 Å². The molecule has 0 aliphatic heterocycles. The van der Waals surface area contributed by atoms with Gasteiger partial charge < -0.3 is 25.3 Å². The van der Waals surface area contributed by atoms with E-state index < -0.39 is 17.8 Å². The summed E-state index contributed by atoms with van der Waals surface area (Å²) in [6, 6.07) is 13.7. The zero-order valence-corrected chi connectivity index (χ0v) is 17.3. The number of ether oxygens (including phenoxy) is 1. The Labute approximate surface area is 176 Å². The fourth-order valence-corrected chi connectivity index (χ4v) is 2.62. The van der Waals surface area contributed by atoms with Crippen molar-refractivity contribution in [2.75, 3.05) is 13.7 Å². The van der Waals surface area contributed by atoms with E-state index in [0.717, 1.165) is 4.47 Å². The maximum atomic E-state index is 12.5. The summed E-state index contributed by atoms with van der Waals surface area (Å²) in [6.45, 7) is 0.140. The van der Waals surface area contributed by atoms with Crippen molar-refractivity contribution in [3.8, 4) is 5.75 Å². The number of benzene rings is 2. The van der Waals surface area contributed by atoms with Gasteiger partial charge in [-0.05, 0) is 60.9 Å². The molecular formula is C21H20BrN2O5-. The van der Waals surface area contributed by atoms with Crippen molar-refractivity contribution in [2.45, 2.75) is 12.8 Å². The second-order valence-electron chi connectivity index (χ2n) is 6.02. The molecule has 0 saturated carbocycles. The minimum Gasteiger partial charge on any atom is -0.550 e. The lowest BCUT2D eigenvalue weighted by Crippen LogP contribution is -2.35. The average Bonchev–Trinajstić information content (AvgIpc) is 2.71. The highest BCUT2D eigenvalue weighted by atomic mass is 79.9. The van der Waals surface area contributed by atoms with Gasteiger partial charge in [-0.1, -0.05) is 28.1 Å². The van der Waals surface area contributed by atoms with E-state index in [1.54, 1.807) is 55.6 Å². The van der Waals surface area contributed by atoms with E-state index in [1.807, 2.05) is 0 Å². The zero-order chi connectivity index (χ0) is 21.2. The number of carboxylic acid groups (broad SMARTS) is 1. The van der Waals surface area contributed by atoms with Crippen molar-refractivity contribution in [3.63, 3.8) is 0 Å². The topological polar surface area (TPSA) is 108 Å². The van der Waals surface area contributed by atoms with Crippen LogP contribution in [0.3, 0.4) is 0 Å². The van der Waals surface area contributed by atoms with Crippen molar-refractivity contribution in [3.05, 3.63) is 69.8 Å². The highest BCUT2D eigenvalue weighted by Crippen LogP contribution is 2.15. The number of halogens is 1. The summed E-state index contributed by atoms with van der Waals surface area (Å²) in [4.78, 5) is 35.6. The molecule has 0 heterocycles. The largest absolute Gasteiger partial charge is 0.550 e. The molecule has 0 aliphatic rings. The highest BCUT2D eigenvalue weighted by Gasteiger charge is 2.14. The average molecular weight is 460 g/mol. The van der Waals surface area contributed by atoms with Crippen molar-refractivity contribution in [1.29, 1.82) is 0 Å². The van der Waals surface area contributed by atoms with Crippen LogP contribution in [0, 0.1) is 0 Å². The fraction of sp³-hybridized carbons (Fsp3) is 0.190. The lowest BCUT2D eigenvalue weighted by molar-refractivity contribution is -0.305. The van der Waals surface area contributed by atoms with Crippen LogP contribution in [0.4, 0.5) is 0 Å². The molecule has 0 aliphatic carbocycles. The fourth-order valence-electron chi connectivity index (χ4n) is 2.35. The summed E-state index contributed by atoms with van der Waals surface area (Å²) in [5, 5.41) is 15.7. The molecule has 0 saturated heterocycles. The highest BCUT2D eigenvalue weighted by molar-refractivity contribution is 9.10. The normalized spacial score (nSPS) is 10.9. The SMILES string of the molecule is COc1ccc(/C=C(\NC(=O)c2ccc(Br)cc2)C(=O)NCCCC(=O)[O-])cc1. The van der Waals surface area contributed by atoms with Crippen LogP contribution in [-0.4, -0.2) is 31.4 Å². The third kappa shape index (κ3) is 7.42. The van der Waals surface area contributed by atoms with Gasteiger partial charge in [0, 0.05) is 22.6 Å². The van der Waals surface area contributed by atoms with Gasteiger partial charge in [0.15, 0.2) is 0 Å². The van der Waals surface area contributed by atoms with Crippen LogP contribution in [-0.2, 0) is 9.59 Å². The predicted octanol–water partition coefficient (Wildman–Crippen LogP) is 1.87. The van der Waals surface area contributed by atoms with Gasteiger partial charge in [-0.15, -0.1) is 0 Å². The molecule has 0 aromatic heterocycles. The second kappa shape index (κ2) is 11.0. The number of methoxy groups -OCH3 is 1. The number of carbonyl (C=O) groups excluding carboxylic acids is 3. The second-order valence-corrected chi connectivity index (χ2v) is 6.94. The summed E-state index contributed by atoms with van der Waals surface area (Å²) in [6.07, 6.45) is 1.60. The van der Waals surface area contributed by atoms with E-state index >= 15 is 0 Å². The minimum atomic E-state index is -1.18. The Bertz CT molecular complexity index is 892. The molecule has 0 bridgehead atoms. The number of rotatable bonds is 9. The van der Waals surface area contributed by atoms with Crippen LogP contribution in [0.1, 0.15) is 28.8 Å². The van der Waals surface area contributed by atoms with E-state index in [4.69, 9.17) is 4.74 Å². The maximum absolute atomic E-state index is 12.5. The molecule has 2 aromatic carbocycles. The Hall–Kier alpha value is -3.13. The zero-order valence-electron chi connectivity index (χ0n) is 15.7. The van der Waals surface area contributed by atoms with Gasteiger partial charge in [-0.25, -0.2) is 0 Å². The first kappa shape index (κ1) is 22.2. The lowest BCUT2D eigenvalue weighted by atomic mass is 10.1. The first-order chi connectivity index (χ1) is 13.9. The van der Waals surface area contributed by atoms with Gasteiger partial charge in [-0.2, -0.15) is 0 Å². The molecule has 2 rings (SSSR count). The van der Waals surface area contributed by atoms with Crippen molar-refractivity contribution in [1.82, 2.24) is 10.6 Å². The van der Waals surface area contributed by atoms with Crippen LogP contribution in [0.15, 0.2) is 58.7 Å². The third-order valence-corrected chi connectivity index (χ3v) is 4.40. The van der Waals surface area contributed by atoms with Gasteiger partial charge in [-0.3, -0.25) is 9.59 Å². The molecule has 2 N–H and O–H groups in total. The third-order valence-electron chi connectivity index (χ3n) is 3.87. The lowest BCUT2D eigenvalue weighted by Gasteiger charge is -2.12. The molecule has 29 heavy (non-hydrogen) atoms. The number of hydrogen-bond acceptors (Lipinski definition) is 5. The summed E-state index contributed by atoms with van der Waals surface area (Å²) in [7, 11) is 1.55. The van der Waals surface area contributed by atoms with Crippen molar-refractivity contribution >= 4 is 39.8 Å². The van der Waals surface area contributed by atoms with E-state index in [0.29, 0.717) is 16.9 Å². The molecule has 0 spiro atoms. The number of nitrogens with one attached hydrogen (secondary N) is 2. The van der Waals surface area contributed by atoms with Gasteiger partial charge in [0.2, 0.25) is 0 Å². The monoisotopic (exact) mass is 459 g/mol. The molecule has 2 amide bonds.